The smallest absolute Gasteiger partial charge is 0.243 e. The van der Waals surface area contributed by atoms with Crippen LogP contribution in [0.1, 0.15) is 20.8 Å². The van der Waals surface area contributed by atoms with Crippen LogP contribution in [0.2, 0.25) is 0 Å². The molecule has 1 atom stereocenters. The lowest BCUT2D eigenvalue weighted by Gasteiger charge is -2.15. The van der Waals surface area contributed by atoms with Crippen LogP contribution < -0.4 is 10.6 Å². The number of carbonyl (C=O) groups is 2. The van der Waals surface area contributed by atoms with E-state index in [0.717, 1.165) is 0 Å². The molecule has 0 rings (SSSR count). The number of hydrogen-bond donors (Lipinski definition) is 3. The summed E-state index contributed by atoms with van der Waals surface area (Å²) >= 11 is 4.00. The number of hydrogen-bond acceptors (Lipinski definition) is 4. The van der Waals surface area contributed by atoms with Gasteiger partial charge in [0.15, 0.2) is 0 Å². The molecule has 16 heavy (non-hydrogen) atoms. The Bertz CT molecular complexity index is 234. The molecule has 0 fully saturated rings. The van der Waals surface area contributed by atoms with Gasteiger partial charge in [0.05, 0.1) is 12.7 Å². The molecule has 0 bridgehead atoms. The summed E-state index contributed by atoms with van der Waals surface area (Å²) in [6.45, 7) is 6.11. The van der Waals surface area contributed by atoms with Crippen LogP contribution in [0.3, 0.4) is 0 Å². The van der Waals surface area contributed by atoms with Crippen molar-refractivity contribution in [2.75, 3.05) is 18.9 Å². The second-order valence-electron chi connectivity index (χ2n) is 3.65. The minimum absolute atomic E-state index is 0.146. The molecule has 0 aromatic rings. The van der Waals surface area contributed by atoms with E-state index in [-0.39, 0.29) is 23.7 Å². The standard InChI is InChI=1S/C10H20N2O3S/c1-7(2)15-5-4-11-10(14)9(6-16)12-8(3)13/h7,9,16H,4-6H2,1-3H3,(H,11,14)(H,12,13). The van der Waals surface area contributed by atoms with Gasteiger partial charge >= 0.3 is 0 Å². The highest BCUT2D eigenvalue weighted by atomic mass is 32.1. The fourth-order valence-electron chi connectivity index (χ4n) is 1.03. The third-order valence-electron chi connectivity index (χ3n) is 1.73. The lowest BCUT2D eigenvalue weighted by Crippen LogP contribution is -2.48. The Hall–Kier alpha value is -0.750. The fourth-order valence-corrected chi connectivity index (χ4v) is 1.29. The van der Waals surface area contributed by atoms with Crippen LogP contribution in [0, 0.1) is 0 Å². The van der Waals surface area contributed by atoms with Crippen molar-refractivity contribution in [3.05, 3.63) is 0 Å². The SMILES string of the molecule is CC(=O)NC(CS)C(=O)NCCOC(C)C. The van der Waals surface area contributed by atoms with Gasteiger partial charge in [0.25, 0.3) is 0 Å². The lowest BCUT2D eigenvalue weighted by molar-refractivity contribution is -0.127. The highest BCUT2D eigenvalue weighted by molar-refractivity contribution is 7.80. The number of thiol groups is 1. The first-order valence-electron chi connectivity index (χ1n) is 5.24. The van der Waals surface area contributed by atoms with E-state index < -0.39 is 6.04 Å². The average Bonchev–Trinajstić information content (AvgIpc) is 2.20. The zero-order chi connectivity index (χ0) is 12.6. The summed E-state index contributed by atoms with van der Waals surface area (Å²) in [5, 5.41) is 5.18. The van der Waals surface area contributed by atoms with Gasteiger partial charge in [-0.2, -0.15) is 12.6 Å². The fraction of sp³-hybridized carbons (Fsp3) is 0.800. The van der Waals surface area contributed by atoms with E-state index in [2.05, 4.69) is 23.3 Å². The molecule has 94 valence electrons. The van der Waals surface area contributed by atoms with E-state index in [4.69, 9.17) is 4.74 Å². The normalized spacial score (nSPS) is 12.3. The van der Waals surface area contributed by atoms with Gasteiger partial charge in [-0.25, -0.2) is 0 Å². The Balaban J connectivity index is 3.80. The van der Waals surface area contributed by atoms with Crippen LogP contribution in [-0.2, 0) is 14.3 Å². The Morgan fingerprint density at radius 1 is 1.38 bits per heavy atom. The number of nitrogens with one attached hydrogen (secondary N) is 2. The molecule has 0 radical (unpaired) electrons. The predicted molar refractivity (Wildman–Crippen MR) is 65.6 cm³/mol. The molecule has 0 aliphatic heterocycles. The molecule has 0 saturated heterocycles. The molecule has 0 saturated carbocycles. The quantitative estimate of drug-likeness (QED) is 0.437. The highest BCUT2D eigenvalue weighted by Gasteiger charge is 2.16. The van der Waals surface area contributed by atoms with Crippen molar-refractivity contribution in [3.63, 3.8) is 0 Å². The summed E-state index contributed by atoms with van der Waals surface area (Å²) in [5.41, 5.74) is 0. The third kappa shape index (κ3) is 7.53. The second-order valence-corrected chi connectivity index (χ2v) is 4.01. The summed E-state index contributed by atoms with van der Waals surface area (Å²) in [7, 11) is 0. The summed E-state index contributed by atoms with van der Waals surface area (Å²) in [6, 6.07) is -0.583. The molecule has 0 aliphatic rings. The topological polar surface area (TPSA) is 67.4 Å². The second kappa shape index (κ2) is 8.41. The first-order chi connectivity index (χ1) is 7.47. The zero-order valence-corrected chi connectivity index (χ0v) is 10.8. The molecule has 2 amide bonds. The zero-order valence-electron chi connectivity index (χ0n) is 9.95. The molecule has 6 heteroatoms. The summed E-state index contributed by atoms with van der Waals surface area (Å²) in [4.78, 5) is 22.3. The van der Waals surface area contributed by atoms with Crippen LogP contribution in [0.25, 0.3) is 0 Å². The van der Waals surface area contributed by atoms with E-state index in [1.54, 1.807) is 0 Å². The molecule has 0 aromatic carbocycles. The Morgan fingerprint density at radius 3 is 2.44 bits per heavy atom. The maximum atomic E-state index is 11.5. The molecule has 0 spiro atoms. The van der Waals surface area contributed by atoms with Gasteiger partial charge in [-0.15, -0.1) is 0 Å². The van der Waals surface area contributed by atoms with Gasteiger partial charge in [0, 0.05) is 19.2 Å². The number of ether oxygens (including phenoxy) is 1. The molecular formula is C10H20N2O3S. The maximum Gasteiger partial charge on any atom is 0.243 e. The number of amides is 2. The Morgan fingerprint density at radius 2 is 2.00 bits per heavy atom. The first-order valence-corrected chi connectivity index (χ1v) is 5.88. The van der Waals surface area contributed by atoms with Gasteiger partial charge < -0.3 is 15.4 Å². The van der Waals surface area contributed by atoms with Crippen LogP contribution in [-0.4, -0.2) is 42.9 Å². The predicted octanol–water partition coefficient (Wildman–Crippen LogP) is -0.0379. The van der Waals surface area contributed by atoms with Crippen LogP contribution in [0.5, 0.6) is 0 Å². The third-order valence-corrected chi connectivity index (χ3v) is 2.09. The monoisotopic (exact) mass is 248 g/mol. The summed E-state index contributed by atoms with van der Waals surface area (Å²) in [5.74, 6) is -0.207. The summed E-state index contributed by atoms with van der Waals surface area (Å²) < 4.78 is 5.27. The van der Waals surface area contributed by atoms with Crippen LogP contribution in [0.15, 0.2) is 0 Å². The molecule has 5 nitrogen and oxygen atoms in total. The largest absolute Gasteiger partial charge is 0.377 e. The molecule has 0 aromatic heterocycles. The van der Waals surface area contributed by atoms with Gasteiger partial charge in [0.2, 0.25) is 11.8 Å². The van der Waals surface area contributed by atoms with Crippen molar-refractivity contribution in [1.82, 2.24) is 10.6 Å². The summed E-state index contributed by atoms with van der Waals surface area (Å²) in [6.07, 6.45) is 0.146. The number of carbonyl (C=O) groups excluding carboxylic acids is 2. The lowest BCUT2D eigenvalue weighted by atomic mass is 10.3. The van der Waals surface area contributed by atoms with Crippen molar-refractivity contribution in [2.24, 2.45) is 0 Å². The number of rotatable bonds is 7. The van der Waals surface area contributed by atoms with Crippen molar-refractivity contribution in [2.45, 2.75) is 32.9 Å². The minimum Gasteiger partial charge on any atom is -0.377 e. The van der Waals surface area contributed by atoms with Crippen LogP contribution >= 0.6 is 12.6 Å². The molecule has 2 N–H and O–H groups in total. The van der Waals surface area contributed by atoms with Crippen molar-refractivity contribution < 1.29 is 14.3 Å². The maximum absolute atomic E-state index is 11.5. The van der Waals surface area contributed by atoms with E-state index in [1.807, 2.05) is 13.8 Å². The van der Waals surface area contributed by atoms with Crippen molar-refractivity contribution >= 4 is 24.4 Å². The Kier molecular flexibility index (Phi) is 8.01. The van der Waals surface area contributed by atoms with E-state index in [0.29, 0.717) is 13.2 Å². The van der Waals surface area contributed by atoms with Gasteiger partial charge in [0.1, 0.15) is 6.04 Å². The molecule has 1 unspecified atom stereocenters. The molecule has 0 heterocycles. The van der Waals surface area contributed by atoms with E-state index >= 15 is 0 Å². The van der Waals surface area contributed by atoms with Gasteiger partial charge in [-0.1, -0.05) is 0 Å². The van der Waals surface area contributed by atoms with E-state index in [9.17, 15) is 9.59 Å². The van der Waals surface area contributed by atoms with Crippen molar-refractivity contribution in [3.8, 4) is 0 Å². The highest BCUT2D eigenvalue weighted by Crippen LogP contribution is 1.89. The minimum atomic E-state index is -0.583. The van der Waals surface area contributed by atoms with Crippen molar-refractivity contribution in [1.29, 1.82) is 0 Å². The van der Waals surface area contributed by atoms with Crippen LogP contribution in [0.4, 0.5) is 0 Å². The first kappa shape index (κ1) is 15.2. The Labute approximate surface area is 102 Å². The van der Waals surface area contributed by atoms with Gasteiger partial charge in [-0.05, 0) is 13.8 Å². The van der Waals surface area contributed by atoms with E-state index in [1.165, 1.54) is 6.92 Å². The average molecular weight is 248 g/mol. The molecule has 0 aliphatic carbocycles. The van der Waals surface area contributed by atoms with Gasteiger partial charge in [-0.3, -0.25) is 9.59 Å². The molecular weight excluding hydrogens is 228 g/mol.